The maximum atomic E-state index is 6.18. The van der Waals surface area contributed by atoms with E-state index in [-0.39, 0.29) is 5.41 Å². The van der Waals surface area contributed by atoms with Gasteiger partial charge in [0.25, 0.3) is 0 Å². The Kier molecular flexibility index (Phi) is 6.52. The van der Waals surface area contributed by atoms with Gasteiger partial charge in [-0.3, -0.25) is 0 Å². The molecule has 2 aromatic rings. The molecule has 0 aromatic heterocycles. The van der Waals surface area contributed by atoms with Crippen molar-refractivity contribution in [2.45, 2.75) is 50.0 Å². The zero-order valence-corrected chi connectivity index (χ0v) is 15.5. The van der Waals surface area contributed by atoms with Crippen molar-refractivity contribution in [2.75, 3.05) is 13.2 Å². The second-order valence-corrected chi connectivity index (χ2v) is 7.59. The minimum Gasteiger partial charge on any atom is -0.378 e. The Morgan fingerprint density at radius 1 is 1.04 bits per heavy atom. The number of hydrogen-bond acceptors (Lipinski definition) is 2. The third kappa shape index (κ3) is 4.84. The Morgan fingerprint density at radius 2 is 1.80 bits per heavy atom. The minimum atomic E-state index is 0.0643. The van der Waals surface area contributed by atoms with Crippen LogP contribution in [0.2, 0.25) is 5.02 Å². The number of benzene rings is 2. The summed E-state index contributed by atoms with van der Waals surface area (Å²) < 4.78 is 6.14. The molecule has 0 atom stereocenters. The van der Waals surface area contributed by atoms with Gasteiger partial charge < -0.3 is 10.5 Å². The molecule has 0 spiro atoms. The van der Waals surface area contributed by atoms with Crippen LogP contribution in [0.3, 0.4) is 0 Å². The Labute approximate surface area is 156 Å². The van der Waals surface area contributed by atoms with E-state index in [0.717, 1.165) is 50.2 Å². The molecule has 1 saturated carbocycles. The maximum absolute atomic E-state index is 6.18. The molecular formula is C22H28ClNO. The molecule has 1 fully saturated rings. The Bertz CT molecular complexity index is 650. The van der Waals surface area contributed by atoms with Crippen LogP contribution in [0.4, 0.5) is 0 Å². The monoisotopic (exact) mass is 357 g/mol. The molecule has 0 amide bonds. The second-order valence-electron chi connectivity index (χ2n) is 7.15. The van der Waals surface area contributed by atoms with Crippen LogP contribution in [0.5, 0.6) is 0 Å². The molecule has 0 radical (unpaired) electrons. The third-order valence-electron chi connectivity index (χ3n) is 5.52. The molecule has 0 bridgehead atoms. The Morgan fingerprint density at radius 3 is 2.48 bits per heavy atom. The average Bonchev–Trinajstić information content (AvgIpc) is 2.67. The van der Waals surface area contributed by atoms with Gasteiger partial charge in [-0.15, -0.1) is 0 Å². The first-order chi connectivity index (χ1) is 12.2. The zero-order valence-electron chi connectivity index (χ0n) is 14.8. The highest BCUT2D eigenvalue weighted by Crippen LogP contribution is 2.40. The number of nitrogens with two attached hydrogens (primary N) is 1. The highest BCUT2D eigenvalue weighted by atomic mass is 35.5. The van der Waals surface area contributed by atoms with Gasteiger partial charge in [0.15, 0.2) is 0 Å². The van der Waals surface area contributed by atoms with E-state index in [0.29, 0.717) is 12.6 Å². The summed E-state index contributed by atoms with van der Waals surface area (Å²) in [6.07, 6.45) is 6.85. The lowest BCUT2D eigenvalue weighted by atomic mass is 9.69. The van der Waals surface area contributed by atoms with Gasteiger partial charge in [-0.05, 0) is 61.8 Å². The van der Waals surface area contributed by atoms with Crippen molar-refractivity contribution < 1.29 is 4.74 Å². The lowest BCUT2D eigenvalue weighted by Crippen LogP contribution is -2.40. The summed E-state index contributed by atoms with van der Waals surface area (Å²) in [6.45, 7) is 1.51. The molecule has 25 heavy (non-hydrogen) atoms. The van der Waals surface area contributed by atoms with Crippen LogP contribution in [-0.2, 0) is 16.6 Å². The van der Waals surface area contributed by atoms with Crippen molar-refractivity contribution in [3.8, 4) is 0 Å². The summed E-state index contributed by atoms with van der Waals surface area (Å²) >= 11 is 6.18. The minimum absolute atomic E-state index is 0.0643. The lowest BCUT2D eigenvalue weighted by Gasteiger charge is -2.40. The molecule has 1 aliphatic carbocycles. The van der Waals surface area contributed by atoms with Crippen molar-refractivity contribution in [3.63, 3.8) is 0 Å². The Balaban J connectivity index is 1.46. The highest BCUT2D eigenvalue weighted by molar-refractivity contribution is 6.30. The number of hydrogen-bond donors (Lipinski definition) is 1. The van der Waals surface area contributed by atoms with Crippen LogP contribution in [0.15, 0.2) is 54.6 Å². The van der Waals surface area contributed by atoms with Crippen LogP contribution >= 0.6 is 11.6 Å². The van der Waals surface area contributed by atoms with Crippen molar-refractivity contribution in [2.24, 2.45) is 5.73 Å². The van der Waals surface area contributed by atoms with Gasteiger partial charge in [-0.1, -0.05) is 54.1 Å². The summed E-state index contributed by atoms with van der Waals surface area (Å²) in [7, 11) is 0. The number of ether oxygens (including phenoxy) is 1. The first kappa shape index (κ1) is 18.4. The smallest absolute Gasteiger partial charge is 0.0575 e. The summed E-state index contributed by atoms with van der Waals surface area (Å²) in [6, 6.07) is 18.8. The summed E-state index contributed by atoms with van der Waals surface area (Å²) in [5.74, 6) is 0. The van der Waals surface area contributed by atoms with Crippen molar-refractivity contribution in [1.29, 1.82) is 0 Å². The van der Waals surface area contributed by atoms with Gasteiger partial charge in [0.2, 0.25) is 0 Å². The molecule has 0 unspecified atom stereocenters. The van der Waals surface area contributed by atoms with Crippen LogP contribution in [0, 0.1) is 0 Å². The number of aryl methyl sites for hydroxylation is 1. The predicted molar refractivity (Wildman–Crippen MR) is 105 cm³/mol. The third-order valence-corrected chi connectivity index (χ3v) is 5.76. The summed E-state index contributed by atoms with van der Waals surface area (Å²) in [5, 5.41) is 0.796. The van der Waals surface area contributed by atoms with E-state index < -0.39 is 0 Å². The van der Waals surface area contributed by atoms with E-state index in [1.807, 2.05) is 12.1 Å². The van der Waals surface area contributed by atoms with E-state index in [1.165, 1.54) is 11.1 Å². The van der Waals surface area contributed by atoms with E-state index in [2.05, 4.69) is 42.5 Å². The molecule has 2 N–H and O–H groups in total. The van der Waals surface area contributed by atoms with Gasteiger partial charge in [-0.25, -0.2) is 0 Å². The fourth-order valence-electron chi connectivity index (χ4n) is 3.91. The standard InChI is InChI=1S/C22H28ClNO/c23-20-10-4-9-19(16-20)22(17-24)13-11-21(12-14-22)25-15-5-8-18-6-2-1-3-7-18/h1-4,6-7,9-10,16,21H,5,8,11-15,17,24H2/t21-,22-. The van der Waals surface area contributed by atoms with Gasteiger partial charge in [0.05, 0.1) is 6.10 Å². The molecule has 1 aliphatic rings. The highest BCUT2D eigenvalue weighted by Gasteiger charge is 2.36. The van der Waals surface area contributed by atoms with Crippen molar-refractivity contribution >= 4 is 11.6 Å². The molecular weight excluding hydrogens is 330 g/mol. The molecule has 2 nitrogen and oxygen atoms in total. The SMILES string of the molecule is NC[C@]1(c2cccc(Cl)c2)CC[C@H](OCCCc2ccccc2)CC1. The summed E-state index contributed by atoms with van der Waals surface area (Å²) in [5.41, 5.74) is 8.90. The van der Waals surface area contributed by atoms with Crippen molar-refractivity contribution in [3.05, 3.63) is 70.7 Å². The summed E-state index contributed by atoms with van der Waals surface area (Å²) in [4.78, 5) is 0. The van der Waals surface area contributed by atoms with E-state index in [9.17, 15) is 0 Å². The fraction of sp³-hybridized carbons (Fsp3) is 0.455. The first-order valence-corrected chi connectivity index (χ1v) is 9.71. The largest absolute Gasteiger partial charge is 0.378 e. The van der Waals surface area contributed by atoms with E-state index in [4.69, 9.17) is 22.1 Å². The van der Waals surface area contributed by atoms with Gasteiger partial charge in [0, 0.05) is 23.6 Å². The molecule has 2 aromatic carbocycles. The van der Waals surface area contributed by atoms with E-state index in [1.54, 1.807) is 0 Å². The molecule has 0 aliphatic heterocycles. The average molecular weight is 358 g/mol. The van der Waals surface area contributed by atoms with Gasteiger partial charge >= 0.3 is 0 Å². The molecule has 3 heteroatoms. The van der Waals surface area contributed by atoms with E-state index >= 15 is 0 Å². The molecule has 134 valence electrons. The fourth-order valence-corrected chi connectivity index (χ4v) is 4.10. The van der Waals surface area contributed by atoms with Crippen LogP contribution < -0.4 is 5.73 Å². The normalized spacial score (nSPS) is 23.5. The lowest BCUT2D eigenvalue weighted by molar-refractivity contribution is 0.0121. The molecule has 0 saturated heterocycles. The quantitative estimate of drug-likeness (QED) is 0.697. The first-order valence-electron chi connectivity index (χ1n) is 9.33. The van der Waals surface area contributed by atoms with Crippen LogP contribution in [-0.4, -0.2) is 19.3 Å². The molecule has 0 heterocycles. The number of halogens is 1. The number of rotatable bonds is 7. The van der Waals surface area contributed by atoms with Crippen LogP contribution in [0.1, 0.15) is 43.2 Å². The maximum Gasteiger partial charge on any atom is 0.0575 e. The van der Waals surface area contributed by atoms with Gasteiger partial charge in [0.1, 0.15) is 0 Å². The topological polar surface area (TPSA) is 35.2 Å². The second kappa shape index (κ2) is 8.84. The zero-order chi connectivity index (χ0) is 17.5. The van der Waals surface area contributed by atoms with Crippen LogP contribution in [0.25, 0.3) is 0 Å². The predicted octanol–water partition coefficient (Wildman–Crippen LogP) is 5.13. The van der Waals surface area contributed by atoms with Crippen molar-refractivity contribution in [1.82, 2.24) is 0 Å². The molecule has 3 rings (SSSR count). The Hall–Kier alpha value is -1.35. The van der Waals surface area contributed by atoms with Gasteiger partial charge in [-0.2, -0.15) is 0 Å².